The number of halogens is 1. The summed E-state index contributed by atoms with van der Waals surface area (Å²) in [7, 11) is 1.52. The molecule has 0 unspecified atom stereocenters. The van der Waals surface area contributed by atoms with Crippen LogP contribution in [0.15, 0.2) is 48.5 Å². The van der Waals surface area contributed by atoms with E-state index < -0.39 is 17.8 Å². The van der Waals surface area contributed by atoms with Crippen molar-refractivity contribution in [2.45, 2.75) is 31.5 Å². The minimum Gasteiger partial charge on any atom is -0.383 e. The molecular weight excluding hydrogens is 441 g/mol. The van der Waals surface area contributed by atoms with Gasteiger partial charge in [0, 0.05) is 32.4 Å². The zero-order valence-corrected chi connectivity index (χ0v) is 19.0. The number of rotatable bonds is 10. The van der Waals surface area contributed by atoms with Crippen LogP contribution in [0.2, 0.25) is 0 Å². The predicted molar refractivity (Wildman–Crippen MR) is 122 cm³/mol. The van der Waals surface area contributed by atoms with Crippen molar-refractivity contribution in [2.24, 2.45) is 0 Å². The van der Waals surface area contributed by atoms with Crippen molar-refractivity contribution in [1.82, 2.24) is 25.2 Å². The Morgan fingerprint density at radius 3 is 2.82 bits per heavy atom. The molecule has 1 fully saturated rings. The number of hydrogen-bond acceptors (Lipinski definition) is 6. The molecule has 34 heavy (non-hydrogen) atoms. The first-order valence-corrected chi connectivity index (χ1v) is 11.3. The molecule has 0 bridgehead atoms. The van der Waals surface area contributed by atoms with Crippen molar-refractivity contribution in [3.05, 3.63) is 59.9 Å². The Labute approximate surface area is 196 Å². The van der Waals surface area contributed by atoms with E-state index in [-0.39, 0.29) is 37.2 Å². The minimum absolute atomic E-state index is 0.118. The van der Waals surface area contributed by atoms with Gasteiger partial charge >= 0.3 is 0 Å². The summed E-state index contributed by atoms with van der Waals surface area (Å²) < 4.78 is 27.2. The third kappa shape index (κ3) is 5.40. The first kappa shape index (κ1) is 23.8. The molecule has 10 heteroatoms. The lowest BCUT2D eigenvalue weighted by Gasteiger charge is -2.33. The second-order valence-corrected chi connectivity index (χ2v) is 8.12. The van der Waals surface area contributed by atoms with Gasteiger partial charge < -0.3 is 19.7 Å². The summed E-state index contributed by atoms with van der Waals surface area (Å²) in [5, 5.41) is 11.0. The van der Waals surface area contributed by atoms with E-state index >= 15 is 0 Å². The normalized spacial score (nSPS) is 16.5. The molecule has 180 valence electrons. The van der Waals surface area contributed by atoms with Gasteiger partial charge in [-0.05, 0) is 31.0 Å². The third-order valence-corrected chi connectivity index (χ3v) is 5.82. The molecule has 0 aliphatic carbocycles. The fraction of sp³-hybridized carbons (Fsp3) is 0.417. The lowest BCUT2D eigenvalue weighted by molar-refractivity contribution is -0.143. The topological polar surface area (TPSA) is 98.6 Å². The molecule has 1 saturated heterocycles. The lowest BCUT2D eigenvalue weighted by atomic mass is 10.0. The number of nitrogens with one attached hydrogen (secondary N) is 1. The molecule has 2 aromatic carbocycles. The van der Waals surface area contributed by atoms with Gasteiger partial charge in [-0.2, -0.15) is 0 Å². The van der Waals surface area contributed by atoms with Gasteiger partial charge in [0.05, 0.1) is 18.2 Å². The van der Waals surface area contributed by atoms with Crippen LogP contribution in [0.5, 0.6) is 0 Å². The summed E-state index contributed by atoms with van der Waals surface area (Å²) in [6.07, 6.45) is 1.38. The molecular formula is C24H28FN5O4. The quantitative estimate of drug-likeness (QED) is 0.457. The van der Waals surface area contributed by atoms with Crippen molar-refractivity contribution in [3.63, 3.8) is 0 Å². The van der Waals surface area contributed by atoms with Gasteiger partial charge in [0.25, 0.3) is 0 Å². The fourth-order valence-corrected chi connectivity index (χ4v) is 4.13. The monoisotopic (exact) mass is 469 g/mol. The Kier molecular flexibility index (Phi) is 7.81. The zero-order valence-electron chi connectivity index (χ0n) is 19.0. The number of carbonyl (C=O) groups is 2. The van der Waals surface area contributed by atoms with Gasteiger partial charge in [-0.15, -0.1) is 5.10 Å². The van der Waals surface area contributed by atoms with Crippen LogP contribution in [0.1, 0.15) is 24.4 Å². The summed E-state index contributed by atoms with van der Waals surface area (Å²) in [6.45, 7) is 1.12. The average molecular weight is 470 g/mol. The van der Waals surface area contributed by atoms with Crippen LogP contribution >= 0.6 is 0 Å². The van der Waals surface area contributed by atoms with E-state index in [1.54, 1.807) is 18.2 Å². The van der Waals surface area contributed by atoms with Crippen LogP contribution in [0.25, 0.3) is 11.0 Å². The van der Waals surface area contributed by atoms with E-state index in [1.807, 2.05) is 18.2 Å². The van der Waals surface area contributed by atoms with Gasteiger partial charge in [-0.1, -0.05) is 35.5 Å². The Bertz CT molecular complexity index is 1130. The number of methoxy groups -OCH3 is 1. The number of nitrogens with zero attached hydrogens (tertiary/aromatic N) is 4. The highest BCUT2D eigenvalue weighted by Gasteiger charge is 2.35. The van der Waals surface area contributed by atoms with E-state index in [4.69, 9.17) is 9.47 Å². The number of amides is 2. The number of hydrogen-bond donors (Lipinski definition) is 1. The number of para-hydroxylation sites is 1. The standard InChI is InChI=1S/C24H28FN5O4/c1-33-14-12-26-24(32)23(18-8-2-3-9-19(18)25)29(15-17-7-6-13-34-17)22(31)16-30-21-11-5-4-10-20(21)27-28-30/h2-5,8-11,17,23H,6-7,12-16H2,1H3,(H,26,32)/t17-,23+/m0/s1. The highest BCUT2D eigenvalue weighted by molar-refractivity contribution is 5.89. The van der Waals surface area contributed by atoms with Crippen LogP contribution in [0.4, 0.5) is 4.39 Å². The summed E-state index contributed by atoms with van der Waals surface area (Å²) in [5.41, 5.74) is 1.47. The molecule has 4 rings (SSSR count). The fourth-order valence-electron chi connectivity index (χ4n) is 4.13. The highest BCUT2D eigenvalue weighted by atomic mass is 19.1. The van der Waals surface area contributed by atoms with Crippen molar-refractivity contribution in [1.29, 1.82) is 0 Å². The van der Waals surface area contributed by atoms with Gasteiger partial charge in [0.2, 0.25) is 11.8 Å². The number of ether oxygens (including phenoxy) is 2. The molecule has 1 N–H and O–H groups in total. The van der Waals surface area contributed by atoms with Crippen LogP contribution in [-0.4, -0.2) is 71.2 Å². The summed E-state index contributed by atoms with van der Waals surface area (Å²) >= 11 is 0. The van der Waals surface area contributed by atoms with E-state index in [0.717, 1.165) is 12.8 Å². The van der Waals surface area contributed by atoms with Crippen molar-refractivity contribution < 1.29 is 23.5 Å². The van der Waals surface area contributed by atoms with Gasteiger partial charge in [0.1, 0.15) is 23.9 Å². The number of benzene rings is 2. The largest absolute Gasteiger partial charge is 0.383 e. The predicted octanol–water partition coefficient (Wildman–Crippen LogP) is 2.08. The molecule has 1 aliphatic rings. The first-order chi connectivity index (χ1) is 16.6. The molecule has 0 radical (unpaired) electrons. The van der Waals surface area contributed by atoms with Crippen LogP contribution < -0.4 is 5.32 Å². The molecule has 2 heterocycles. The lowest BCUT2D eigenvalue weighted by Crippen LogP contribution is -2.48. The van der Waals surface area contributed by atoms with Gasteiger partial charge in [0.15, 0.2) is 0 Å². The van der Waals surface area contributed by atoms with Gasteiger partial charge in [-0.25, -0.2) is 9.07 Å². The Morgan fingerprint density at radius 2 is 2.06 bits per heavy atom. The third-order valence-electron chi connectivity index (χ3n) is 5.82. The molecule has 1 aromatic heterocycles. The smallest absolute Gasteiger partial charge is 0.247 e. The Hall–Kier alpha value is -3.37. The molecule has 0 saturated carbocycles. The summed E-state index contributed by atoms with van der Waals surface area (Å²) in [4.78, 5) is 28.4. The average Bonchev–Trinajstić information content (AvgIpc) is 3.50. The number of aromatic nitrogens is 3. The second-order valence-electron chi connectivity index (χ2n) is 8.12. The van der Waals surface area contributed by atoms with Crippen LogP contribution in [0.3, 0.4) is 0 Å². The van der Waals surface area contributed by atoms with E-state index in [1.165, 1.54) is 28.8 Å². The van der Waals surface area contributed by atoms with E-state index in [2.05, 4.69) is 15.6 Å². The van der Waals surface area contributed by atoms with E-state index in [0.29, 0.717) is 24.2 Å². The Morgan fingerprint density at radius 1 is 1.26 bits per heavy atom. The molecule has 2 atom stereocenters. The van der Waals surface area contributed by atoms with Crippen molar-refractivity contribution >= 4 is 22.8 Å². The molecule has 9 nitrogen and oxygen atoms in total. The second kappa shape index (κ2) is 11.2. The van der Waals surface area contributed by atoms with Crippen LogP contribution in [-0.2, 0) is 25.6 Å². The molecule has 2 amide bonds. The SMILES string of the molecule is COCCNC(=O)[C@@H](c1ccccc1F)N(C[C@@H]1CCCO1)C(=O)Cn1nnc2ccccc21. The van der Waals surface area contributed by atoms with Crippen molar-refractivity contribution in [3.8, 4) is 0 Å². The maximum atomic E-state index is 14.9. The van der Waals surface area contributed by atoms with Crippen molar-refractivity contribution in [2.75, 3.05) is 33.4 Å². The maximum absolute atomic E-state index is 14.9. The molecule has 3 aromatic rings. The summed E-state index contributed by atoms with van der Waals surface area (Å²) in [6, 6.07) is 12.1. The van der Waals surface area contributed by atoms with Crippen LogP contribution in [0, 0.1) is 5.82 Å². The molecule has 0 spiro atoms. The molecule has 1 aliphatic heterocycles. The van der Waals surface area contributed by atoms with Gasteiger partial charge in [-0.3, -0.25) is 9.59 Å². The highest BCUT2D eigenvalue weighted by Crippen LogP contribution is 2.27. The zero-order chi connectivity index (χ0) is 23.9. The number of carbonyl (C=O) groups excluding carboxylic acids is 2. The summed E-state index contributed by atoms with van der Waals surface area (Å²) in [5.74, 6) is -1.44. The van der Waals surface area contributed by atoms with E-state index in [9.17, 15) is 14.0 Å². The number of fused-ring (bicyclic) bond motifs is 1. The first-order valence-electron chi connectivity index (χ1n) is 11.3. The Balaban J connectivity index is 1.68. The minimum atomic E-state index is -1.18. The maximum Gasteiger partial charge on any atom is 0.247 e.